The summed E-state index contributed by atoms with van der Waals surface area (Å²) in [7, 11) is 0. The van der Waals surface area contributed by atoms with Crippen LogP contribution in [0.3, 0.4) is 0 Å². The molecule has 2 aliphatic rings. The number of aromatic nitrogens is 2. The molecule has 2 heterocycles. The van der Waals surface area contributed by atoms with Gasteiger partial charge in [-0.15, -0.1) is 0 Å². The second kappa shape index (κ2) is 7.68. The Kier molecular flexibility index (Phi) is 5.59. The molecule has 0 amide bonds. The summed E-state index contributed by atoms with van der Waals surface area (Å²) in [6, 6.07) is 0.373. The van der Waals surface area contributed by atoms with Gasteiger partial charge in [0.1, 0.15) is 0 Å². The lowest BCUT2D eigenvalue weighted by molar-refractivity contribution is 0.0389. The first-order valence-electron chi connectivity index (χ1n) is 9.44. The Bertz CT molecular complexity index is 537. The minimum absolute atomic E-state index is 0.180. The number of ether oxygens (including phenoxy) is 1. The van der Waals surface area contributed by atoms with Crippen LogP contribution in [0.25, 0.3) is 0 Å². The molecule has 1 aromatic rings. The number of hydrogen-bond donors (Lipinski definition) is 1. The van der Waals surface area contributed by atoms with Crippen molar-refractivity contribution in [2.24, 2.45) is 17.8 Å². The molecule has 3 rings (SSSR count). The van der Waals surface area contributed by atoms with E-state index in [1.165, 1.54) is 0 Å². The minimum Gasteiger partial charge on any atom is -0.476 e. The summed E-state index contributed by atoms with van der Waals surface area (Å²) >= 11 is 0. The van der Waals surface area contributed by atoms with Gasteiger partial charge in [-0.3, -0.25) is 4.98 Å². The molecule has 134 valence electrons. The summed E-state index contributed by atoms with van der Waals surface area (Å²) in [5.41, 5.74) is 0. The van der Waals surface area contributed by atoms with Crippen molar-refractivity contribution >= 4 is 5.82 Å². The third-order valence-corrected chi connectivity index (χ3v) is 5.38. The van der Waals surface area contributed by atoms with E-state index in [9.17, 15) is 5.11 Å². The third-order valence-electron chi connectivity index (χ3n) is 5.38. The van der Waals surface area contributed by atoms with Gasteiger partial charge in [-0.25, -0.2) is 0 Å². The summed E-state index contributed by atoms with van der Waals surface area (Å²) in [5.74, 6) is 3.01. The lowest BCUT2D eigenvalue weighted by atomic mass is 9.76. The van der Waals surface area contributed by atoms with E-state index < -0.39 is 0 Å². The number of rotatable bonds is 5. The van der Waals surface area contributed by atoms with Crippen molar-refractivity contribution in [3.05, 3.63) is 12.4 Å². The van der Waals surface area contributed by atoms with Crippen molar-refractivity contribution in [3.63, 3.8) is 0 Å². The van der Waals surface area contributed by atoms with E-state index in [0.29, 0.717) is 36.3 Å². The maximum absolute atomic E-state index is 10.5. The van der Waals surface area contributed by atoms with Gasteiger partial charge >= 0.3 is 0 Å². The fourth-order valence-corrected chi connectivity index (χ4v) is 4.14. The topological polar surface area (TPSA) is 58.5 Å². The molecule has 1 N–H and O–H groups in total. The summed E-state index contributed by atoms with van der Waals surface area (Å²) in [5, 5.41) is 10.5. The smallest absolute Gasteiger partial charge is 0.234 e. The molecule has 1 aromatic heterocycles. The molecule has 4 atom stereocenters. The second-order valence-electron chi connectivity index (χ2n) is 7.97. The Morgan fingerprint density at radius 1 is 1.29 bits per heavy atom. The van der Waals surface area contributed by atoms with Gasteiger partial charge in [0.15, 0.2) is 5.82 Å². The van der Waals surface area contributed by atoms with E-state index in [1.807, 2.05) is 6.20 Å². The predicted molar refractivity (Wildman–Crippen MR) is 95.2 cm³/mol. The molecule has 1 aliphatic heterocycles. The first-order valence-corrected chi connectivity index (χ1v) is 9.44. The van der Waals surface area contributed by atoms with Crippen LogP contribution in [0.5, 0.6) is 5.88 Å². The molecule has 0 aromatic carbocycles. The molecule has 5 heteroatoms. The monoisotopic (exact) mass is 333 g/mol. The van der Waals surface area contributed by atoms with Crippen molar-refractivity contribution in [2.45, 2.75) is 65.0 Å². The average molecular weight is 333 g/mol. The van der Waals surface area contributed by atoms with Gasteiger partial charge in [0.25, 0.3) is 0 Å². The largest absolute Gasteiger partial charge is 0.476 e. The molecule has 2 fully saturated rings. The fraction of sp³-hybridized carbons (Fsp3) is 0.789. The predicted octanol–water partition coefficient (Wildman–Crippen LogP) is 3.28. The Labute approximate surface area is 145 Å². The standard InChI is InChI=1S/C19H31N3O2/c1-13(2)12-24-19-11-20-10-18(21-19)22-8-4-5-16(22)15-9-14(3)6-7-17(15)23/h10-11,13-17,23H,4-9,12H2,1-3H3. The van der Waals surface area contributed by atoms with E-state index in [2.05, 4.69) is 35.6 Å². The van der Waals surface area contributed by atoms with Crippen LogP contribution >= 0.6 is 0 Å². The number of aliphatic hydroxyl groups excluding tert-OH is 1. The molecular weight excluding hydrogens is 302 g/mol. The number of aliphatic hydroxyl groups is 1. The van der Waals surface area contributed by atoms with Crippen molar-refractivity contribution in [3.8, 4) is 5.88 Å². The van der Waals surface area contributed by atoms with Gasteiger partial charge < -0.3 is 14.7 Å². The first-order chi connectivity index (χ1) is 11.5. The summed E-state index contributed by atoms with van der Waals surface area (Å²) < 4.78 is 5.74. The molecule has 0 spiro atoms. The Balaban J connectivity index is 1.74. The second-order valence-corrected chi connectivity index (χ2v) is 7.97. The van der Waals surface area contributed by atoms with Crippen molar-refractivity contribution < 1.29 is 9.84 Å². The van der Waals surface area contributed by atoms with Crippen LogP contribution < -0.4 is 9.64 Å². The van der Waals surface area contributed by atoms with Crippen LogP contribution in [0, 0.1) is 17.8 Å². The molecule has 1 saturated heterocycles. The minimum atomic E-state index is -0.180. The highest BCUT2D eigenvalue weighted by Gasteiger charge is 2.39. The van der Waals surface area contributed by atoms with Gasteiger partial charge in [0, 0.05) is 18.5 Å². The van der Waals surface area contributed by atoms with Crippen LogP contribution in [0.15, 0.2) is 12.4 Å². The van der Waals surface area contributed by atoms with E-state index in [0.717, 1.165) is 44.5 Å². The average Bonchev–Trinajstić information content (AvgIpc) is 3.05. The van der Waals surface area contributed by atoms with E-state index in [4.69, 9.17) is 4.74 Å². The van der Waals surface area contributed by atoms with Gasteiger partial charge in [0.2, 0.25) is 5.88 Å². The molecule has 0 bridgehead atoms. The maximum atomic E-state index is 10.5. The summed E-state index contributed by atoms with van der Waals surface area (Å²) in [6.07, 6.45) is 8.81. The maximum Gasteiger partial charge on any atom is 0.234 e. The molecular formula is C19H31N3O2. The highest BCUT2D eigenvalue weighted by Crippen LogP contribution is 2.38. The molecule has 5 nitrogen and oxygen atoms in total. The molecule has 1 saturated carbocycles. The zero-order valence-electron chi connectivity index (χ0n) is 15.2. The first kappa shape index (κ1) is 17.5. The zero-order chi connectivity index (χ0) is 17.1. The van der Waals surface area contributed by atoms with Gasteiger partial charge in [-0.2, -0.15) is 4.98 Å². The van der Waals surface area contributed by atoms with Crippen molar-refractivity contribution in [1.29, 1.82) is 0 Å². The lowest BCUT2D eigenvalue weighted by Crippen LogP contribution is -2.44. The Morgan fingerprint density at radius 3 is 2.92 bits per heavy atom. The van der Waals surface area contributed by atoms with Gasteiger partial charge in [0.05, 0.1) is 25.1 Å². The SMILES string of the molecule is CC(C)COc1cncc(N2CCCC2C2CC(C)CCC2O)n1. The van der Waals surface area contributed by atoms with Crippen LogP contribution in [0.1, 0.15) is 52.9 Å². The van der Waals surface area contributed by atoms with Gasteiger partial charge in [-0.1, -0.05) is 20.8 Å². The van der Waals surface area contributed by atoms with Crippen LogP contribution in [-0.2, 0) is 0 Å². The molecule has 1 aliphatic carbocycles. The summed E-state index contributed by atoms with van der Waals surface area (Å²) in [6.45, 7) is 8.20. The number of nitrogens with zero attached hydrogens (tertiary/aromatic N) is 3. The molecule has 24 heavy (non-hydrogen) atoms. The number of anilines is 1. The Morgan fingerprint density at radius 2 is 2.12 bits per heavy atom. The van der Waals surface area contributed by atoms with E-state index in [1.54, 1.807) is 6.20 Å². The Hall–Kier alpha value is -1.36. The van der Waals surface area contributed by atoms with Gasteiger partial charge in [-0.05, 0) is 43.9 Å². The quantitative estimate of drug-likeness (QED) is 0.896. The third kappa shape index (κ3) is 4.00. The summed E-state index contributed by atoms with van der Waals surface area (Å²) in [4.78, 5) is 11.4. The number of hydrogen-bond acceptors (Lipinski definition) is 5. The lowest BCUT2D eigenvalue weighted by Gasteiger charge is -2.39. The van der Waals surface area contributed by atoms with Crippen LogP contribution in [-0.4, -0.2) is 40.4 Å². The van der Waals surface area contributed by atoms with Crippen LogP contribution in [0.2, 0.25) is 0 Å². The molecule has 4 unspecified atom stereocenters. The molecule has 0 radical (unpaired) electrons. The highest BCUT2D eigenvalue weighted by molar-refractivity contribution is 5.41. The van der Waals surface area contributed by atoms with Crippen molar-refractivity contribution in [2.75, 3.05) is 18.1 Å². The van der Waals surface area contributed by atoms with E-state index in [-0.39, 0.29) is 6.10 Å². The van der Waals surface area contributed by atoms with Crippen LogP contribution in [0.4, 0.5) is 5.82 Å². The highest BCUT2D eigenvalue weighted by atomic mass is 16.5. The normalized spacial score (nSPS) is 30.8. The van der Waals surface area contributed by atoms with Crippen molar-refractivity contribution in [1.82, 2.24) is 9.97 Å². The zero-order valence-corrected chi connectivity index (χ0v) is 15.2. The fourth-order valence-electron chi connectivity index (χ4n) is 4.14. The van der Waals surface area contributed by atoms with E-state index >= 15 is 0 Å².